The smallest absolute Gasteiger partial charge is 0.243 e. The third-order valence-corrected chi connectivity index (χ3v) is 5.38. The van der Waals surface area contributed by atoms with Crippen molar-refractivity contribution in [2.24, 2.45) is 0 Å². The van der Waals surface area contributed by atoms with Gasteiger partial charge in [-0.25, -0.2) is 8.42 Å². The van der Waals surface area contributed by atoms with Gasteiger partial charge in [0, 0.05) is 13.1 Å². The predicted octanol–water partition coefficient (Wildman–Crippen LogP) is 2.23. The number of benzene rings is 1. The summed E-state index contributed by atoms with van der Waals surface area (Å²) in [5.41, 5.74) is 6.22. The lowest BCUT2D eigenvalue weighted by Crippen LogP contribution is -2.32. The van der Waals surface area contributed by atoms with Crippen molar-refractivity contribution in [1.82, 2.24) is 4.31 Å². The van der Waals surface area contributed by atoms with Crippen LogP contribution >= 0.6 is 0 Å². The Bertz CT molecular complexity index is 550. The van der Waals surface area contributed by atoms with Crippen molar-refractivity contribution in [1.29, 1.82) is 0 Å². The molecular weight excluding hydrogens is 276 g/mol. The SMILES string of the molecule is CCOc1ccc(S(=O)(=O)N2CCCCCC2)cc1N. The van der Waals surface area contributed by atoms with Crippen LogP contribution in [0.5, 0.6) is 5.75 Å². The van der Waals surface area contributed by atoms with Crippen LogP contribution < -0.4 is 10.5 Å². The number of ether oxygens (including phenoxy) is 1. The Morgan fingerprint density at radius 3 is 2.40 bits per heavy atom. The van der Waals surface area contributed by atoms with Gasteiger partial charge < -0.3 is 10.5 Å². The molecule has 0 spiro atoms. The standard InChI is InChI=1S/C14H22N2O3S/c1-2-19-14-8-7-12(11-13(14)15)20(17,18)16-9-5-3-4-6-10-16/h7-8,11H,2-6,9-10,15H2,1H3. The third kappa shape index (κ3) is 3.24. The second-order valence-corrected chi connectivity index (χ2v) is 6.89. The monoisotopic (exact) mass is 298 g/mol. The number of sulfonamides is 1. The average Bonchev–Trinajstić information content (AvgIpc) is 2.70. The lowest BCUT2D eigenvalue weighted by Gasteiger charge is -2.20. The highest BCUT2D eigenvalue weighted by Crippen LogP contribution is 2.27. The fourth-order valence-electron chi connectivity index (χ4n) is 2.41. The Hall–Kier alpha value is -1.27. The number of nitrogens with two attached hydrogens (primary N) is 1. The normalized spacial score (nSPS) is 17.6. The first-order valence-corrected chi connectivity index (χ1v) is 8.52. The van der Waals surface area contributed by atoms with Crippen molar-refractivity contribution in [2.75, 3.05) is 25.4 Å². The summed E-state index contributed by atoms with van der Waals surface area (Å²) in [6.45, 7) is 3.55. The highest BCUT2D eigenvalue weighted by atomic mass is 32.2. The zero-order chi connectivity index (χ0) is 14.6. The molecule has 1 aliphatic rings. The minimum Gasteiger partial charge on any atom is -0.492 e. The number of anilines is 1. The summed E-state index contributed by atoms with van der Waals surface area (Å²) in [5, 5.41) is 0. The van der Waals surface area contributed by atoms with Crippen molar-refractivity contribution in [3.8, 4) is 5.75 Å². The van der Waals surface area contributed by atoms with Gasteiger partial charge in [-0.1, -0.05) is 12.8 Å². The maximum Gasteiger partial charge on any atom is 0.243 e. The van der Waals surface area contributed by atoms with Gasteiger partial charge in [0.15, 0.2) is 0 Å². The van der Waals surface area contributed by atoms with Crippen molar-refractivity contribution in [3.63, 3.8) is 0 Å². The molecule has 5 nitrogen and oxygen atoms in total. The number of rotatable bonds is 4. The fourth-order valence-corrected chi connectivity index (χ4v) is 3.96. The van der Waals surface area contributed by atoms with Gasteiger partial charge in [-0.05, 0) is 38.0 Å². The van der Waals surface area contributed by atoms with Crippen molar-refractivity contribution < 1.29 is 13.2 Å². The molecule has 112 valence electrons. The van der Waals surface area contributed by atoms with E-state index in [-0.39, 0.29) is 4.90 Å². The molecule has 1 saturated heterocycles. The Morgan fingerprint density at radius 2 is 1.85 bits per heavy atom. The van der Waals surface area contributed by atoms with E-state index in [1.807, 2.05) is 6.92 Å². The summed E-state index contributed by atoms with van der Waals surface area (Å²) in [5.74, 6) is 0.530. The van der Waals surface area contributed by atoms with Crippen LogP contribution in [0, 0.1) is 0 Å². The first kappa shape index (κ1) is 15.1. The zero-order valence-corrected chi connectivity index (χ0v) is 12.7. The summed E-state index contributed by atoms with van der Waals surface area (Å²) in [6, 6.07) is 4.69. The predicted molar refractivity (Wildman–Crippen MR) is 79.3 cm³/mol. The van der Waals surface area contributed by atoms with Crippen LogP contribution in [-0.4, -0.2) is 32.4 Å². The minimum absolute atomic E-state index is 0.250. The Labute approximate surface area is 120 Å². The van der Waals surface area contributed by atoms with Crippen LogP contribution in [0.25, 0.3) is 0 Å². The van der Waals surface area contributed by atoms with Crippen LogP contribution in [0.3, 0.4) is 0 Å². The van der Waals surface area contributed by atoms with E-state index >= 15 is 0 Å². The summed E-state index contributed by atoms with van der Waals surface area (Å²) in [6.07, 6.45) is 4.03. The summed E-state index contributed by atoms with van der Waals surface area (Å²) < 4.78 is 32.1. The molecule has 0 aromatic heterocycles. The van der Waals surface area contributed by atoms with E-state index in [2.05, 4.69) is 0 Å². The molecule has 0 aliphatic carbocycles. The van der Waals surface area contributed by atoms with Gasteiger partial charge in [0.2, 0.25) is 10.0 Å². The van der Waals surface area contributed by atoms with E-state index < -0.39 is 10.0 Å². The first-order valence-electron chi connectivity index (χ1n) is 7.08. The van der Waals surface area contributed by atoms with E-state index in [0.717, 1.165) is 25.7 Å². The molecule has 1 aromatic rings. The number of hydrogen-bond acceptors (Lipinski definition) is 4. The molecule has 1 fully saturated rings. The van der Waals surface area contributed by atoms with E-state index in [9.17, 15) is 8.42 Å². The second-order valence-electron chi connectivity index (χ2n) is 4.95. The first-order chi connectivity index (χ1) is 9.55. The van der Waals surface area contributed by atoms with Gasteiger partial charge in [0.25, 0.3) is 0 Å². The third-order valence-electron chi connectivity index (χ3n) is 3.48. The van der Waals surface area contributed by atoms with Crippen molar-refractivity contribution >= 4 is 15.7 Å². The summed E-state index contributed by atoms with van der Waals surface area (Å²) in [4.78, 5) is 0.250. The van der Waals surface area contributed by atoms with Gasteiger partial charge in [0.05, 0.1) is 17.2 Å². The molecule has 2 N–H and O–H groups in total. The van der Waals surface area contributed by atoms with Gasteiger partial charge in [-0.2, -0.15) is 4.31 Å². The molecule has 2 rings (SSSR count). The van der Waals surface area contributed by atoms with Crippen LogP contribution in [0.1, 0.15) is 32.6 Å². The summed E-state index contributed by atoms with van der Waals surface area (Å²) >= 11 is 0. The molecule has 1 aliphatic heterocycles. The van der Waals surface area contributed by atoms with Crippen LogP contribution in [0.2, 0.25) is 0 Å². The van der Waals surface area contributed by atoms with Gasteiger partial charge in [-0.3, -0.25) is 0 Å². The maximum absolute atomic E-state index is 12.6. The van der Waals surface area contributed by atoms with E-state index in [0.29, 0.717) is 31.1 Å². The molecule has 6 heteroatoms. The van der Waals surface area contributed by atoms with Crippen LogP contribution in [0.4, 0.5) is 5.69 Å². The molecule has 0 amide bonds. The lowest BCUT2D eigenvalue weighted by molar-refractivity contribution is 0.342. The molecule has 0 unspecified atom stereocenters. The van der Waals surface area contributed by atoms with Crippen molar-refractivity contribution in [2.45, 2.75) is 37.5 Å². The molecule has 0 saturated carbocycles. The Morgan fingerprint density at radius 1 is 1.20 bits per heavy atom. The quantitative estimate of drug-likeness (QED) is 0.865. The molecule has 20 heavy (non-hydrogen) atoms. The van der Waals surface area contributed by atoms with Crippen LogP contribution in [-0.2, 0) is 10.0 Å². The topological polar surface area (TPSA) is 72.6 Å². The highest BCUT2D eigenvalue weighted by molar-refractivity contribution is 7.89. The molecule has 0 bridgehead atoms. The molecule has 1 aromatic carbocycles. The van der Waals surface area contributed by atoms with Crippen LogP contribution in [0.15, 0.2) is 23.1 Å². The van der Waals surface area contributed by atoms with Gasteiger partial charge in [-0.15, -0.1) is 0 Å². The van der Waals surface area contributed by atoms with Gasteiger partial charge in [0.1, 0.15) is 5.75 Å². The molecular formula is C14H22N2O3S. The lowest BCUT2D eigenvalue weighted by atomic mass is 10.2. The van der Waals surface area contributed by atoms with E-state index in [1.54, 1.807) is 16.4 Å². The van der Waals surface area contributed by atoms with Gasteiger partial charge >= 0.3 is 0 Å². The molecule has 1 heterocycles. The van der Waals surface area contributed by atoms with Crippen molar-refractivity contribution in [3.05, 3.63) is 18.2 Å². The minimum atomic E-state index is -3.44. The largest absolute Gasteiger partial charge is 0.492 e. The Kier molecular flexibility index (Phi) is 4.88. The Balaban J connectivity index is 2.26. The molecule has 0 radical (unpaired) electrons. The number of nitrogen functional groups attached to an aromatic ring is 1. The number of hydrogen-bond donors (Lipinski definition) is 1. The maximum atomic E-state index is 12.6. The second kappa shape index (κ2) is 6.45. The summed E-state index contributed by atoms with van der Waals surface area (Å²) in [7, 11) is -3.44. The average molecular weight is 298 g/mol. The zero-order valence-electron chi connectivity index (χ0n) is 11.8. The van der Waals surface area contributed by atoms with E-state index in [1.165, 1.54) is 6.07 Å². The highest BCUT2D eigenvalue weighted by Gasteiger charge is 2.25. The molecule has 0 atom stereocenters. The fraction of sp³-hybridized carbons (Fsp3) is 0.571. The van der Waals surface area contributed by atoms with E-state index in [4.69, 9.17) is 10.5 Å². The number of nitrogens with zero attached hydrogens (tertiary/aromatic N) is 1.